The first kappa shape index (κ1) is 21.1. The third kappa shape index (κ3) is 5.29. The van der Waals surface area contributed by atoms with E-state index >= 15 is 0 Å². The maximum absolute atomic E-state index is 13.0. The van der Waals surface area contributed by atoms with Gasteiger partial charge in [-0.05, 0) is 59.2 Å². The molecule has 0 bridgehead atoms. The third-order valence-corrected chi connectivity index (χ3v) is 5.21. The van der Waals surface area contributed by atoms with Gasteiger partial charge in [-0.15, -0.1) is 0 Å². The predicted octanol–water partition coefficient (Wildman–Crippen LogP) is 6.30. The van der Waals surface area contributed by atoms with E-state index in [1.54, 1.807) is 12.3 Å². The van der Waals surface area contributed by atoms with Crippen LogP contribution in [0.4, 0.5) is 11.4 Å². The normalized spacial score (nSPS) is 10.4. The Kier molecular flexibility index (Phi) is 6.73. The van der Waals surface area contributed by atoms with Crippen LogP contribution in [0.1, 0.15) is 21.6 Å². The lowest BCUT2D eigenvalue weighted by molar-refractivity contribution is 0.102. The molecule has 4 nitrogen and oxygen atoms in total. The average molecular weight is 420 g/mol. The van der Waals surface area contributed by atoms with Crippen LogP contribution >= 0.6 is 0 Å². The molecule has 32 heavy (non-hydrogen) atoms. The summed E-state index contributed by atoms with van der Waals surface area (Å²) in [4.78, 5) is 17.3. The summed E-state index contributed by atoms with van der Waals surface area (Å²) in [6, 6.07) is 29.3. The highest BCUT2D eigenvalue weighted by atomic mass is 16.1. The largest absolute Gasteiger partial charge is 0.385 e. The maximum Gasteiger partial charge on any atom is 0.256 e. The first-order valence-electron chi connectivity index (χ1n) is 10.6. The Balaban J connectivity index is 1.40. The summed E-state index contributed by atoms with van der Waals surface area (Å²) in [5.41, 5.74) is 6.38. The summed E-state index contributed by atoms with van der Waals surface area (Å²) >= 11 is 0. The van der Waals surface area contributed by atoms with Crippen molar-refractivity contribution in [3.8, 4) is 11.1 Å². The van der Waals surface area contributed by atoms with Crippen molar-refractivity contribution < 1.29 is 4.79 Å². The fourth-order valence-electron chi connectivity index (χ4n) is 3.48. The van der Waals surface area contributed by atoms with E-state index in [-0.39, 0.29) is 5.91 Å². The molecule has 0 radical (unpaired) electrons. The minimum Gasteiger partial charge on any atom is -0.385 e. The van der Waals surface area contributed by atoms with Gasteiger partial charge in [0.1, 0.15) is 0 Å². The number of anilines is 2. The number of hydrogen-bond acceptors (Lipinski definition) is 3. The quantitative estimate of drug-likeness (QED) is 0.352. The fourth-order valence-corrected chi connectivity index (χ4v) is 3.48. The molecule has 4 rings (SSSR count). The van der Waals surface area contributed by atoms with Crippen LogP contribution in [0.2, 0.25) is 0 Å². The number of aromatic nitrogens is 1. The Morgan fingerprint density at radius 2 is 1.56 bits per heavy atom. The molecule has 2 N–H and O–H groups in total. The molecule has 4 aromatic rings. The van der Waals surface area contributed by atoms with Gasteiger partial charge in [0.2, 0.25) is 0 Å². The molecule has 0 fully saturated rings. The number of benzene rings is 3. The standard InChI is InChI=1S/C28H25N3O/c1-2-21-10-12-22(13-11-21)26-8-3-4-9-27(26)28(32)31-25-16-14-24(15-17-25)30-20-18-23-7-5-6-19-29-23/h2-17,19,30H,1,18,20H2,(H,31,32). The van der Waals surface area contributed by atoms with Gasteiger partial charge in [-0.3, -0.25) is 9.78 Å². The van der Waals surface area contributed by atoms with E-state index in [2.05, 4.69) is 22.2 Å². The van der Waals surface area contributed by atoms with Crippen molar-refractivity contribution >= 4 is 23.4 Å². The zero-order valence-electron chi connectivity index (χ0n) is 17.8. The topological polar surface area (TPSA) is 54.0 Å². The number of nitrogens with one attached hydrogen (secondary N) is 2. The lowest BCUT2D eigenvalue weighted by atomic mass is 9.98. The van der Waals surface area contributed by atoms with Gasteiger partial charge < -0.3 is 10.6 Å². The van der Waals surface area contributed by atoms with Crippen LogP contribution in [-0.4, -0.2) is 17.4 Å². The lowest BCUT2D eigenvalue weighted by Gasteiger charge is -2.12. The van der Waals surface area contributed by atoms with Gasteiger partial charge in [-0.1, -0.05) is 61.2 Å². The summed E-state index contributed by atoms with van der Waals surface area (Å²) < 4.78 is 0. The van der Waals surface area contributed by atoms with Crippen LogP contribution in [0.3, 0.4) is 0 Å². The van der Waals surface area contributed by atoms with Crippen molar-refractivity contribution in [2.75, 3.05) is 17.2 Å². The zero-order chi connectivity index (χ0) is 22.2. The van der Waals surface area contributed by atoms with Gasteiger partial charge in [0.15, 0.2) is 0 Å². The Morgan fingerprint density at radius 3 is 2.28 bits per heavy atom. The van der Waals surface area contributed by atoms with Crippen molar-refractivity contribution in [3.05, 3.63) is 121 Å². The Morgan fingerprint density at radius 1 is 0.844 bits per heavy atom. The van der Waals surface area contributed by atoms with Gasteiger partial charge in [0, 0.05) is 41.8 Å². The number of amides is 1. The molecule has 0 spiro atoms. The van der Waals surface area contributed by atoms with E-state index in [0.29, 0.717) is 5.56 Å². The van der Waals surface area contributed by atoms with Crippen LogP contribution in [0, 0.1) is 0 Å². The molecule has 4 heteroatoms. The van der Waals surface area contributed by atoms with E-state index in [4.69, 9.17) is 0 Å². The third-order valence-electron chi connectivity index (χ3n) is 5.21. The van der Waals surface area contributed by atoms with Crippen molar-refractivity contribution in [2.45, 2.75) is 6.42 Å². The zero-order valence-corrected chi connectivity index (χ0v) is 17.8. The predicted molar refractivity (Wildman–Crippen MR) is 133 cm³/mol. The summed E-state index contributed by atoms with van der Waals surface area (Å²) in [7, 11) is 0. The SMILES string of the molecule is C=Cc1ccc(-c2ccccc2C(=O)Nc2ccc(NCCc3ccccn3)cc2)cc1. The second-order valence-corrected chi connectivity index (χ2v) is 7.40. The number of nitrogens with zero attached hydrogens (tertiary/aromatic N) is 1. The molecule has 0 aliphatic carbocycles. The molecule has 158 valence electrons. The number of hydrogen-bond donors (Lipinski definition) is 2. The summed E-state index contributed by atoms with van der Waals surface area (Å²) in [6.07, 6.45) is 4.46. The van der Waals surface area contributed by atoms with Crippen molar-refractivity contribution in [3.63, 3.8) is 0 Å². The monoisotopic (exact) mass is 419 g/mol. The van der Waals surface area contributed by atoms with Gasteiger partial charge in [0.05, 0.1) is 0 Å². The first-order chi connectivity index (χ1) is 15.7. The van der Waals surface area contributed by atoms with Crippen LogP contribution < -0.4 is 10.6 Å². The molecule has 0 unspecified atom stereocenters. The van der Waals surface area contributed by atoms with E-state index in [9.17, 15) is 4.79 Å². The van der Waals surface area contributed by atoms with Crippen LogP contribution in [-0.2, 0) is 6.42 Å². The maximum atomic E-state index is 13.0. The highest BCUT2D eigenvalue weighted by Crippen LogP contribution is 2.25. The van der Waals surface area contributed by atoms with Gasteiger partial charge in [-0.25, -0.2) is 0 Å². The van der Waals surface area contributed by atoms with E-state index < -0.39 is 0 Å². The second kappa shape index (κ2) is 10.2. The van der Waals surface area contributed by atoms with Crippen molar-refractivity contribution in [2.24, 2.45) is 0 Å². The van der Waals surface area contributed by atoms with E-state index in [1.807, 2.05) is 91.0 Å². The first-order valence-corrected chi connectivity index (χ1v) is 10.6. The van der Waals surface area contributed by atoms with Crippen LogP contribution in [0.15, 0.2) is 104 Å². The highest BCUT2D eigenvalue weighted by molar-refractivity contribution is 6.08. The molecule has 0 aliphatic rings. The van der Waals surface area contributed by atoms with Crippen LogP contribution in [0.25, 0.3) is 17.2 Å². The fraction of sp³-hybridized carbons (Fsp3) is 0.0714. The van der Waals surface area contributed by atoms with Gasteiger partial charge in [-0.2, -0.15) is 0 Å². The van der Waals surface area contributed by atoms with Crippen molar-refractivity contribution in [1.82, 2.24) is 4.98 Å². The highest BCUT2D eigenvalue weighted by Gasteiger charge is 2.12. The molecule has 3 aromatic carbocycles. The molecular formula is C28H25N3O. The van der Waals surface area contributed by atoms with Gasteiger partial charge >= 0.3 is 0 Å². The number of rotatable bonds is 8. The molecule has 0 aliphatic heterocycles. The average Bonchev–Trinajstić information content (AvgIpc) is 2.86. The van der Waals surface area contributed by atoms with E-state index in [1.165, 1.54) is 0 Å². The molecule has 0 saturated heterocycles. The smallest absolute Gasteiger partial charge is 0.256 e. The molecule has 1 heterocycles. The van der Waals surface area contributed by atoms with Crippen molar-refractivity contribution in [1.29, 1.82) is 0 Å². The number of pyridine rings is 1. The molecule has 1 aromatic heterocycles. The van der Waals surface area contributed by atoms with E-state index in [0.717, 1.165) is 46.7 Å². The molecule has 0 saturated carbocycles. The Labute approximate surface area is 188 Å². The number of carbonyl (C=O) groups excluding carboxylic acids is 1. The Bertz CT molecular complexity index is 1180. The number of carbonyl (C=O) groups is 1. The molecule has 1 amide bonds. The second-order valence-electron chi connectivity index (χ2n) is 7.40. The Hall–Kier alpha value is -4.18. The lowest BCUT2D eigenvalue weighted by Crippen LogP contribution is -2.13. The minimum atomic E-state index is -0.135. The molecule has 0 atom stereocenters. The summed E-state index contributed by atoms with van der Waals surface area (Å²) in [6.45, 7) is 4.58. The van der Waals surface area contributed by atoms with Crippen LogP contribution in [0.5, 0.6) is 0 Å². The minimum absolute atomic E-state index is 0.135. The summed E-state index contributed by atoms with van der Waals surface area (Å²) in [5, 5.41) is 6.39. The summed E-state index contributed by atoms with van der Waals surface area (Å²) in [5.74, 6) is -0.135. The van der Waals surface area contributed by atoms with Gasteiger partial charge in [0.25, 0.3) is 5.91 Å². The molecular weight excluding hydrogens is 394 g/mol.